The number of carbonyl (C=O) groups excluding carboxylic acids is 4. The van der Waals surface area contributed by atoms with Crippen LogP contribution >= 0.6 is 0 Å². The zero-order chi connectivity index (χ0) is 32.5. The first-order chi connectivity index (χ1) is 21.6. The Balaban J connectivity index is 1.59. The summed E-state index contributed by atoms with van der Waals surface area (Å²) < 4.78 is 11.0. The number of nitrogens with zero attached hydrogens (tertiary/aromatic N) is 1. The second-order valence-corrected chi connectivity index (χ2v) is 13.5. The number of hydrogen-bond acceptors (Lipinski definition) is 7. The molecule has 11 nitrogen and oxygen atoms in total. The molecule has 2 saturated heterocycles. The summed E-state index contributed by atoms with van der Waals surface area (Å²) in [6, 6.07) is 9.68. The van der Waals surface area contributed by atoms with Crippen molar-refractivity contribution in [3.05, 3.63) is 35.9 Å². The highest BCUT2D eigenvalue weighted by Gasteiger charge is 2.31. The fourth-order valence-corrected chi connectivity index (χ4v) is 5.95. The molecular weight excluding hydrogens is 574 g/mol. The van der Waals surface area contributed by atoms with Gasteiger partial charge in [-0.1, -0.05) is 51.1 Å². The third kappa shape index (κ3) is 15.2. The Morgan fingerprint density at radius 3 is 2.49 bits per heavy atom. The Kier molecular flexibility index (Phi) is 15.8. The largest absolute Gasteiger partial charge is 0.377 e. The zero-order valence-electron chi connectivity index (χ0n) is 27.5. The van der Waals surface area contributed by atoms with Crippen molar-refractivity contribution in [3.63, 3.8) is 0 Å². The molecule has 11 heteroatoms. The molecule has 2 aliphatic heterocycles. The van der Waals surface area contributed by atoms with Crippen LogP contribution < -0.4 is 21.3 Å². The average molecular weight is 630 g/mol. The molecule has 2 aliphatic rings. The molecule has 4 amide bonds. The van der Waals surface area contributed by atoms with Crippen molar-refractivity contribution in [2.75, 3.05) is 59.2 Å². The SMILES string of the molecule is CC(C)(C)CC(=O)NCCCC[C@@H]1NC(=O)COCCOCCNC(=O)C[C@@H]2CCN(Cc3ccccc3)C[C@@H]2CCNC1=O. The molecule has 0 aromatic heterocycles. The van der Waals surface area contributed by atoms with Gasteiger partial charge >= 0.3 is 0 Å². The molecule has 2 fully saturated rings. The third-order valence-electron chi connectivity index (χ3n) is 8.24. The van der Waals surface area contributed by atoms with Gasteiger partial charge in [-0.3, -0.25) is 24.1 Å². The lowest BCUT2D eigenvalue weighted by molar-refractivity contribution is -0.132. The summed E-state index contributed by atoms with van der Waals surface area (Å²) >= 11 is 0. The maximum absolute atomic E-state index is 13.3. The monoisotopic (exact) mass is 629 g/mol. The van der Waals surface area contributed by atoms with Crippen LogP contribution in [0.3, 0.4) is 0 Å². The van der Waals surface area contributed by atoms with Crippen molar-refractivity contribution in [3.8, 4) is 0 Å². The molecule has 45 heavy (non-hydrogen) atoms. The first-order valence-electron chi connectivity index (χ1n) is 16.6. The second kappa shape index (κ2) is 19.5. The highest BCUT2D eigenvalue weighted by atomic mass is 16.5. The molecule has 1 aromatic rings. The molecular formula is C34H55N5O6. The van der Waals surface area contributed by atoms with Gasteiger partial charge in [0, 0.05) is 45.6 Å². The van der Waals surface area contributed by atoms with Crippen LogP contribution in [-0.4, -0.2) is 93.7 Å². The number of nitrogens with one attached hydrogen (secondary N) is 4. The van der Waals surface area contributed by atoms with Gasteiger partial charge in [-0.15, -0.1) is 0 Å². The number of ether oxygens (including phenoxy) is 2. The van der Waals surface area contributed by atoms with E-state index >= 15 is 0 Å². The van der Waals surface area contributed by atoms with E-state index in [1.54, 1.807) is 0 Å². The Bertz CT molecular complexity index is 1060. The summed E-state index contributed by atoms with van der Waals surface area (Å²) in [6.45, 7) is 10.8. The molecule has 0 unspecified atom stereocenters. The molecule has 252 valence electrons. The third-order valence-corrected chi connectivity index (χ3v) is 8.24. The molecule has 0 saturated carbocycles. The minimum absolute atomic E-state index is 0.0161. The Morgan fingerprint density at radius 1 is 0.933 bits per heavy atom. The van der Waals surface area contributed by atoms with Crippen molar-refractivity contribution >= 4 is 23.6 Å². The molecule has 3 rings (SSSR count). The van der Waals surface area contributed by atoms with Crippen LogP contribution in [0.1, 0.15) is 71.3 Å². The van der Waals surface area contributed by atoms with Crippen molar-refractivity contribution in [2.24, 2.45) is 17.3 Å². The second-order valence-electron chi connectivity index (χ2n) is 13.5. The van der Waals surface area contributed by atoms with Gasteiger partial charge in [0.2, 0.25) is 23.6 Å². The predicted octanol–water partition coefficient (Wildman–Crippen LogP) is 2.39. The molecule has 0 aliphatic carbocycles. The number of unbranched alkanes of at least 4 members (excludes halogenated alkanes) is 1. The number of rotatable bonds is 8. The quantitative estimate of drug-likeness (QED) is 0.324. The van der Waals surface area contributed by atoms with Crippen molar-refractivity contribution in [1.82, 2.24) is 26.2 Å². The van der Waals surface area contributed by atoms with Gasteiger partial charge in [0.15, 0.2) is 0 Å². The molecule has 0 spiro atoms. The number of benzene rings is 1. The highest BCUT2D eigenvalue weighted by Crippen LogP contribution is 2.30. The van der Waals surface area contributed by atoms with Crippen LogP contribution in [-0.2, 0) is 35.2 Å². The average Bonchev–Trinajstić information content (AvgIpc) is 2.98. The standard InChI is InChI=1S/C34H55N5O6/c1-34(2,3)22-31(41)35-14-8-7-11-29-33(43)37-15-12-28-24-39(23-26-9-5-4-6-10-26)17-13-27(28)21-30(40)36-16-18-44-19-20-45-25-32(42)38-29/h4-6,9-10,27-29H,7-8,11-25H2,1-3H3,(H,35,41)(H,36,40)(H,37,43)(H,38,42)/t27-,28-,29-/m0/s1. The van der Waals surface area contributed by atoms with E-state index in [2.05, 4.69) is 50.4 Å². The molecule has 3 atom stereocenters. The van der Waals surface area contributed by atoms with Crippen LogP contribution in [0.25, 0.3) is 0 Å². The Hall–Kier alpha value is -3.02. The Labute approximate surface area is 268 Å². The summed E-state index contributed by atoms with van der Waals surface area (Å²) in [7, 11) is 0. The highest BCUT2D eigenvalue weighted by molar-refractivity contribution is 5.88. The van der Waals surface area contributed by atoms with Gasteiger partial charge in [0.05, 0.1) is 19.8 Å². The first-order valence-corrected chi connectivity index (χ1v) is 16.6. The fraction of sp³-hybridized carbons (Fsp3) is 0.706. The lowest BCUT2D eigenvalue weighted by atomic mass is 9.80. The van der Waals surface area contributed by atoms with Gasteiger partial charge in [-0.2, -0.15) is 0 Å². The van der Waals surface area contributed by atoms with E-state index in [1.807, 2.05) is 26.8 Å². The number of piperidine rings is 1. The lowest BCUT2D eigenvalue weighted by Crippen LogP contribution is -2.49. The smallest absolute Gasteiger partial charge is 0.246 e. The summed E-state index contributed by atoms with van der Waals surface area (Å²) in [5, 5.41) is 11.8. The van der Waals surface area contributed by atoms with E-state index in [4.69, 9.17) is 9.47 Å². The van der Waals surface area contributed by atoms with Crippen LogP contribution in [0.5, 0.6) is 0 Å². The first kappa shape index (κ1) is 36.4. The summed E-state index contributed by atoms with van der Waals surface area (Å²) in [5.74, 6) is -0.0928. The van der Waals surface area contributed by atoms with E-state index in [0.717, 1.165) is 32.5 Å². The van der Waals surface area contributed by atoms with Gasteiger partial charge in [-0.25, -0.2) is 0 Å². The maximum atomic E-state index is 13.3. The summed E-state index contributed by atoms with van der Waals surface area (Å²) in [6.07, 6.45) is 4.37. The number of likely N-dealkylation sites (tertiary alicyclic amines) is 1. The molecule has 0 bridgehead atoms. The summed E-state index contributed by atoms with van der Waals surface area (Å²) in [4.78, 5) is 53.3. The predicted molar refractivity (Wildman–Crippen MR) is 173 cm³/mol. The van der Waals surface area contributed by atoms with Crippen molar-refractivity contribution < 1.29 is 28.7 Å². The number of fused-ring (bicyclic) bond motifs is 1. The number of carbonyl (C=O) groups is 4. The minimum Gasteiger partial charge on any atom is -0.377 e. The van der Waals surface area contributed by atoms with Crippen LogP contribution in [0, 0.1) is 17.3 Å². The maximum Gasteiger partial charge on any atom is 0.246 e. The fourth-order valence-electron chi connectivity index (χ4n) is 5.95. The van der Waals surface area contributed by atoms with Gasteiger partial charge < -0.3 is 30.7 Å². The van der Waals surface area contributed by atoms with Crippen molar-refractivity contribution in [2.45, 2.75) is 78.3 Å². The molecule has 2 heterocycles. The lowest BCUT2D eigenvalue weighted by Gasteiger charge is -2.38. The van der Waals surface area contributed by atoms with E-state index in [1.165, 1.54) is 5.56 Å². The molecule has 1 aromatic carbocycles. The number of amides is 4. The van der Waals surface area contributed by atoms with Crippen LogP contribution in [0.15, 0.2) is 30.3 Å². The molecule has 4 N–H and O–H groups in total. The van der Waals surface area contributed by atoms with Crippen LogP contribution in [0.4, 0.5) is 0 Å². The van der Waals surface area contributed by atoms with Crippen molar-refractivity contribution in [1.29, 1.82) is 0 Å². The van der Waals surface area contributed by atoms with E-state index in [9.17, 15) is 19.2 Å². The number of hydrogen-bond donors (Lipinski definition) is 4. The van der Waals surface area contributed by atoms with E-state index < -0.39 is 6.04 Å². The zero-order valence-corrected chi connectivity index (χ0v) is 27.5. The topological polar surface area (TPSA) is 138 Å². The minimum atomic E-state index is -0.702. The van der Waals surface area contributed by atoms with Gasteiger partial charge in [0.1, 0.15) is 12.6 Å². The normalized spacial score (nSPS) is 23.7. The van der Waals surface area contributed by atoms with E-state index in [0.29, 0.717) is 65.0 Å². The summed E-state index contributed by atoms with van der Waals surface area (Å²) in [5.41, 5.74) is 1.18. The van der Waals surface area contributed by atoms with Crippen LogP contribution in [0.2, 0.25) is 0 Å². The molecule has 0 radical (unpaired) electrons. The van der Waals surface area contributed by atoms with E-state index in [-0.39, 0.29) is 54.1 Å². The Morgan fingerprint density at radius 2 is 1.71 bits per heavy atom. The van der Waals surface area contributed by atoms with Gasteiger partial charge in [-0.05, 0) is 61.5 Å². The van der Waals surface area contributed by atoms with Gasteiger partial charge in [0.25, 0.3) is 0 Å².